The van der Waals surface area contributed by atoms with Gasteiger partial charge in [-0.3, -0.25) is 4.90 Å². The number of nitrogens with zero attached hydrogens (tertiary/aromatic N) is 2. The molecule has 3 nitrogen and oxygen atoms in total. The van der Waals surface area contributed by atoms with Gasteiger partial charge in [-0.25, -0.2) is 8.78 Å². The van der Waals surface area contributed by atoms with E-state index in [2.05, 4.69) is 16.8 Å². The number of aliphatic hydroxyl groups excluding tert-OH is 1. The standard InChI is InChI=1S/C17H24F2N2O/c1-20-7-2-5-17(12-22)6-8-21(11-16(17)20)10-13-3-4-14(18)9-15(13)19/h3-4,9,16,22H,2,5-8,10-12H2,1H3/t16-,17-/m1/s1. The van der Waals surface area contributed by atoms with Crippen LogP contribution in [0.15, 0.2) is 18.2 Å². The minimum absolute atomic E-state index is 0.00909. The van der Waals surface area contributed by atoms with Gasteiger partial charge in [-0.2, -0.15) is 0 Å². The molecule has 0 amide bonds. The number of hydrogen-bond donors (Lipinski definition) is 1. The van der Waals surface area contributed by atoms with Gasteiger partial charge >= 0.3 is 0 Å². The van der Waals surface area contributed by atoms with E-state index in [4.69, 9.17) is 0 Å². The Morgan fingerprint density at radius 3 is 2.82 bits per heavy atom. The molecule has 2 atom stereocenters. The molecule has 5 heteroatoms. The van der Waals surface area contributed by atoms with Gasteiger partial charge in [0.15, 0.2) is 0 Å². The molecule has 0 aromatic heterocycles. The van der Waals surface area contributed by atoms with E-state index in [1.54, 1.807) is 0 Å². The van der Waals surface area contributed by atoms with Crippen molar-refractivity contribution in [3.8, 4) is 0 Å². The lowest BCUT2D eigenvalue weighted by Crippen LogP contribution is -2.61. The van der Waals surface area contributed by atoms with Crippen molar-refractivity contribution in [3.05, 3.63) is 35.4 Å². The lowest BCUT2D eigenvalue weighted by atomic mass is 9.69. The van der Waals surface area contributed by atoms with Crippen LogP contribution in [0.5, 0.6) is 0 Å². The maximum absolute atomic E-state index is 13.8. The average Bonchev–Trinajstić information content (AvgIpc) is 2.51. The van der Waals surface area contributed by atoms with Crippen LogP contribution < -0.4 is 0 Å². The molecule has 1 aromatic carbocycles. The van der Waals surface area contributed by atoms with Crippen LogP contribution in [-0.2, 0) is 6.54 Å². The van der Waals surface area contributed by atoms with E-state index in [0.717, 1.165) is 45.0 Å². The van der Waals surface area contributed by atoms with Crippen LogP contribution in [0.25, 0.3) is 0 Å². The highest BCUT2D eigenvalue weighted by atomic mass is 19.1. The van der Waals surface area contributed by atoms with Crippen molar-refractivity contribution in [2.45, 2.75) is 31.8 Å². The van der Waals surface area contributed by atoms with Gasteiger partial charge in [0.25, 0.3) is 0 Å². The Balaban J connectivity index is 1.72. The summed E-state index contributed by atoms with van der Waals surface area (Å²) in [6, 6.07) is 4.10. The van der Waals surface area contributed by atoms with Crippen molar-refractivity contribution in [1.29, 1.82) is 0 Å². The zero-order chi connectivity index (χ0) is 15.7. The smallest absolute Gasteiger partial charge is 0.130 e. The first kappa shape index (κ1) is 15.8. The third-order valence-electron chi connectivity index (χ3n) is 5.51. The van der Waals surface area contributed by atoms with Crippen LogP contribution in [0.1, 0.15) is 24.8 Å². The first-order valence-electron chi connectivity index (χ1n) is 8.01. The second kappa shape index (κ2) is 6.22. The van der Waals surface area contributed by atoms with Gasteiger partial charge in [0.2, 0.25) is 0 Å². The lowest BCUT2D eigenvalue weighted by molar-refractivity contribution is -0.0686. The molecule has 2 fully saturated rings. The molecular formula is C17H24F2N2O. The molecule has 0 bridgehead atoms. The maximum Gasteiger partial charge on any atom is 0.130 e. The van der Waals surface area contributed by atoms with Crippen LogP contribution in [0.2, 0.25) is 0 Å². The summed E-state index contributed by atoms with van der Waals surface area (Å²) in [4.78, 5) is 4.55. The highest BCUT2D eigenvalue weighted by Gasteiger charge is 2.46. The Morgan fingerprint density at radius 1 is 1.27 bits per heavy atom. The summed E-state index contributed by atoms with van der Waals surface area (Å²) < 4.78 is 26.8. The third-order valence-corrected chi connectivity index (χ3v) is 5.51. The normalized spacial score (nSPS) is 30.3. The fourth-order valence-electron chi connectivity index (χ4n) is 4.11. The van der Waals surface area contributed by atoms with Crippen LogP contribution in [0.3, 0.4) is 0 Å². The van der Waals surface area contributed by atoms with Crippen LogP contribution in [-0.4, -0.2) is 54.2 Å². The largest absolute Gasteiger partial charge is 0.396 e. The Morgan fingerprint density at radius 2 is 2.09 bits per heavy atom. The van der Waals surface area contributed by atoms with Gasteiger partial charge in [-0.05, 0) is 45.5 Å². The first-order valence-corrected chi connectivity index (χ1v) is 8.01. The van der Waals surface area contributed by atoms with Gasteiger partial charge in [-0.1, -0.05) is 6.07 Å². The predicted molar refractivity (Wildman–Crippen MR) is 81.4 cm³/mol. The molecule has 2 saturated heterocycles. The molecule has 22 heavy (non-hydrogen) atoms. The topological polar surface area (TPSA) is 26.7 Å². The molecule has 0 radical (unpaired) electrons. The lowest BCUT2D eigenvalue weighted by Gasteiger charge is -2.53. The van der Waals surface area contributed by atoms with E-state index in [1.807, 2.05) is 0 Å². The number of likely N-dealkylation sites (tertiary alicyclic amines) is 2. The van der Waals surface area contributed by atoms with Crippen molar-refractivity contribution >= 4 is 0 Å². The van der Waals surface area contributed by atoms with Gasteiger partial charge in [0.05, 0.1) is 6.61 Å². The zero-order valence-corrected chi connectivity index (χ0v) is 13.1. The van der Waals surface area contributed by atoms with Crippen molar-refractivity contribution in [2.75, 3.05) is 33.3 Å². The Labute approximate surface area is 130 Å². The summed E-state index contributed by atoms with van der Waals surface area (Å²) in [6.07, 6.45) is 3.12. The third kappa shape index (κ3) is 2.90. The molecule has 0 unspecified atom stereocenters. The van der Waals surface area contributed by atoms with Crippen LogP contribution in [0.4, 0.5) is 8.78 Å². The summed E-state index contributed by atoms with van der Waals surface area (Å²) in [6.45, 7) is 3.44. The van der Waals surface area contributed by atoms with E-state index >= 15 is 0 Å². The monoisotopic (exact) mass is 310 g/mol. The van der Waals surface area contributed by atoms with E-state index < -0.39 is 11.6 Å². The van der Waals surface area contributed by atoms with Crippen LogP contribution in [0, 0.1) is 17.0 Å². The fraction of sp³-hybridized carbons (Fsp3) is 0.647. The number of benzene rings is 1. The Bertz CT molecular complexity index is 539. The molecule has 2 heterocycles. The van der Waals surface area contributed by atoms with Crippen LogP contribution >= 0.6 is 0 Å². The molecule has 2 aliphatic heterocycles. The fourth-order valence-corrected chi connectivity index (χ4v) is 4.11. The first-order chi connectivity index (χ1) is 10.5. The maximum atomic E-state index is 13.8. The SMILES string of the molecule is CN1CCC[C@]2(CO)CCN(Cc3ccc(F)cc3F)C[C@@H]12. The van der Waals surface area contributed by atoms with Crippen molar-refractivity contribution in [2.24, 2.45) is 5.41 Å². The molecule has 122 valence electrons. The van der Waals surface area contributed by atoms with E-state index in [0.29, 0.717) is 18.2 Å². The van der Waals surface area contributed by atoms with Gasteiger partial charge in [0, 0.05) is 36.2 Å². The molecule has 2 aliphatic rings. The number of piperidine rings is 2. The van der Waals surface area contributed by atoms with Crippen molar-refractivity contribution < 1.29 is 13.9 Å². The van der Waals surface area contributed by atoms with Gasteiger partial charge in [0.1, 0.15) is 11.6 Å². The summed E-state index contributed by atoms with van der Waals surface area (Å²) in [5, 5.41) is 9.90. The number of hydrogen-bond acceptors (Lipinski definition) is 3. The summed E-state index contributed by atoms with van der Waals surface area (Å²) in [5.74, 6) is -1.01. The van der Waals surface area contributed by atoms with Crippen molar-refractivity contribution in [3.63, 3.8) is 0 Å². The second-order valence-corrected chi connectivity index (χ2v) is 6.84. The second-order valence-electron chi connectivity index (χ2n) is 6.84. The minimum atomic E-state index is -0.536. The molecule has 1 N–H and O–H groups in total. The molecule has 1 aromatic rings. The predicted octanol–water partition coefficient (Wildman–Crippen LogP) is 2.24. The Hall–Kier alpha value is -1.04. The molecular weight excluding hydrogens is 286 g/mol. The highest BCUT2D eigenvalue weighted by molar-refractivity contribution is 5.18. The molecule has 3 rings (SSSR count). The summed E-state index contributed by atoms with van der Waals surface area (Å²) in [5.41, 5.74) is 0.529. The number of fused-ring (bicyclic) bond motifs is 1. The summed E-state index contributed by atoms with van der Waals surface area (Å²) >= 11 is 0. The number of aliphatic hydroxyl groups is 1. The van der Waals surface area contributed by atoms with Gasteiger partial charge in [-0.15, -0.1) is 0 Å². The summed E-state index contributed by atoms with van der Waals surface area (Å²) in [7, 11) is 2.11. The average molecular weight is 310 g/mol. The van der Waals surface area contributed by atoms with E-state index in [9.17, 15) is 13.9 Å². The van der Waals surface area contributed by atoms with Gasteiger partial charge < -0.3 is 10.0 Å². The minimum Gasteiger partial charge on any atom is -0.396 e. The highest BCUT2D eigenvalue weighted by Crippen LogP contribution is 2.41. The molecule has 0 spiro atoms. The molecule has 0 aliphatic carbocycles. The quantitative estimate of drug-likeness (QED) is 0.927. The van der Waals surface area contributed by atoms with E-state index in [-0.39, 0.29) is 12.0 Å². The zero-order valence-electron chi connectivity index (χ0n) is 13.1. The van der Waals surface area contributed by atoms with E-state index in [1.165, 1.54) is 12.1 Å². The number of halogens is 2. The Kier molecular flexibility index (Phi) is 4.48. The molecule has 0 saturated carbocycles. The number of rotatable bonds is 3. The number of likely N-dealkylation sites (N-methyl/N-ethyl adjacent to an activating group) is 1. The van der Waals surface area contributed by atoms with Crippen molar-refractivity contribution in [1.82, 2.24) is 9.80 Å².